The van der Waals surface area contributed by atoms with E-state index < -0.39 is 0 Å². The third-order valence-electron chi connectivity index (χ3n) is 4.27. The molecule has 0 aromatic heterocycles. The molecule has 0 bridgehead atoms. The molecule has 0 amide bonds. The van der Waals surface area contributed by atoms with Crippen molar-refractivity contribution in [3.63, 3.8) is 0 Å². The van der Waals surface area contributed by atoms with E-state index in [9.17, 15) is 0 Å². The molecular formula is C16H23NO2. The van der Waals surface area contributed by atoms with Gasteiger partial charge in [0.1, 0.15) is 0 Å². The van der Waals surface area contributed by atoms with Gasteiger partial charge in [0, 0.05) is 12.6 Å². The average Bonchev–Trinajstić information content (AvgIpc) is 2.48. The summed E-state index contributed by atoms with van der Waals surface area (Å²) in [6.07, 6.45) is 5.74. The maximum atomic E-state index is 6.33. The van der Waals surface area contributed by atoms with Gasteiger partial charge in [0.2, 0.25) is 0 Å². The van der Waals surface area contributed by atoms with Crippen molar-refractivity contribution < 1.29 is 9.47 Å². The molecule has 1 fully saturated rings. The molecule has 104 valence electrons. The van der Waals surface area contributed by atoms with Crippen molar-refractivity contribution in [2.24, 2.45) is 5.73 Å². The summed E-state index contributed by atoms with van der Waals surface area (Å²) in [5, 5.41) is 0. The van der Waals surface area contributed by atoms with Gasteiger partial charge in [-0.3, -0.25) is 0 Å². The van der Waals surface area contributed by atoms with E-state index in [1.165, 1.54) is 24.0 Å². The SMILES string of the molecule is NC(CC1OCCc2ccccc21)C1CCCCO1. The molecule has 1 saturated heterocycles. The molecule has 3 unspecified atom stereocenters. The van der Waals surface area contributed by atoms with E-state index in [1.807, 2.05) is 0 Å². The Morgan fingerprint density at radius 1 is 1.16 bits per heavy atom. The predicted molar refractivity (Wildman–Crippen MR) is 75.0 cm³/mol. The van der Waals surface area contributed by atoms with E-state index in [0.717, 1.165) is 32.5 Å². The molecule has 3 atom stereocenters. The van der Waals surface area contributed by atoms with Crippen LogP contribution in [0, 0.1) is 0 Å². The minimum Gasteiger partial charge on any atom is -0.377 e. The van der Waals surface area contributed by atoms with Crippen molar-refractivity contribution >= 4 is 0 Å². The molecule has 0 spiro atoms. The summed E-state index contributed by atoms with van der Waals surface area (Å²) in [5.41, 5.74) is 9.06. The van der Waals surface area contributed by atoms with Gasteiger partial charge in [0.15, 0.2) is 0 Å². The molecule has 1 aromatic rings. The molecule has 0 radical (unpaired) electrons. The fourth-order valence-electron chi connectivity index (χ4n) is 3.17. The Morgan fingerprint density at radius 2 is 2.05 bits per heavy atom. The topological polar surface area (TPSA) is 44.5 Å². The highest BCUT2D eigenvalue weighted by Gasteiger charge is 2.27. The lowest BCUT2D eigenvalue weighted by molar-refractivity contribution is -0.0245. The first-order valence-electron chi connectivity index (χ1n) is 7.41. The number of nitrogens with two attached hydrogens (primary N) is 1. The Kier molecular flexibility index (Phi) is 4.16. The lowest BCUT2D eigenvalue weighted by Gasteiger charge is -2.32. The van der Waals surface area contributed by atoms with Gasteiger partial charge in [-0.2, -0.15) is 0 Å². The van der Waals surface area contributed by atoms with E-state index in [1.54, 1.807) is 0 Å². The average molecular weight is 261 g/mol. The molecule has 2 N–H and O–H groups in total. The first-order valence-corrected chi connectivity index (χ1v) is 7.41. The van der Waals surface area contributed by atoms with Crippen LogP contribution in [0.3, 0.4) is 0 Å². The van der Waals surface area contributed by atoms with Gasteiger partial charge >= 0.3 is 0 Å². The van der Waals surface area contributed by atoms with Crippen LogP contribution in [0.1, 0.15) is 42.9 Å². The van der Waals surface area contributed by atoms with Crippen molar-refractivity contribution in [1.29, 1.82) is 0 Å². The fraction of sp³-hybridized carbons (Fsp3) is 0.625. The maximum absolute atomic E-state index is 6.33. The lowest BCUT2D eigenvalue weighted by atomic mass is 9.91. The second kappa shape index (κ2) is 6.04. The Labute approximate surface area is 115 Å². The highest BCUT2D eigenvalue weighted by atomic mass is 16.5. The summed E-state index contributed by atoms with van der Waals surface area (Å²) in [6, 6.07) is 8.65. The van der Waals surface area contributed by atoms with Crippen LogP contribution in [0.4, 0.5) is 0 Å². The Morgan fingerprint density at radius 3 is 2.89 bits per heavy atom. The highest BCUT2D eigenvalue weighted by Crippen LogP contribution is 2.31. The summed E-state index contributed by atoms with van der Waals surface area (Å²) in [4.78, 5) is 0. The van der Waals surface area contributed by atoms with Crippen LogP contribution in [0.5, 0.6) is 0 Å². The number of fused-ring (bicyclic) bond motifs is 1. The number of hydrogen-bond acceptors (Lipinski definition) is 3. The summed E-state index contributed by atoms with van der Waals surface area (Å²) in [6.45, 7) is 1.67. The number of ether oxygens (including phenoxy) is 2. The second-order valence-corrected chi connectivity index (χ2v) is 5.61. The first kappa shape index (κ1) is 13.1. The van der Waals surface area contributed by atoms with Crippen LogP contribution in [0.25, 0.3) is 0 Å². The molecule has 19 heavy (non-hydrogen) atoms. The summed E-state index contributed by atoms with van der Waals surface area (Å²) in [7, 11) is 0. The van der Waals surface area contributed by atoms with Gasteiger partial charge in [0.25, 0.3) is 0 Å². The molecule has 3 rings (SSSR count). The zero-order chi connectivity index (χ0) is 13.1. The van der Waals surface area contributed by atoms with E-state index in [2.05, 4.69) is 24.3 Å². The summed E-state index contributed by atoms with van der Waals surface area (Å²) < 4.78 is 11.7. The van der Waals surface area contributed by atoms with Gasteiger partial charge in [-0.25, -0.2) is 0 Å². The van der Waals surface area contributed by atoms with Crippen molar-refractivity contribution in [3.8, 4) is 0 Å². The van der Waals surface area contributed by atoms with E-state index in [-0.39, 0.29) is 18.2 Å². The molecule has 2 aliphatic heterocycles. The molecule has 2 aliphatic rings. The monoisotopic (exact) mass is 261 g/mol. The Balaban J connectivity index is 1.66. The molecule has 2 heterocycles. The van der Waals surface area contributed by atoms with Crippen LogP contribution >= 0.6 is 0 Å². The minimum absolute atomic E-state index is 0.0801. The fourth-order valence-corrected chi connectivity index (χ4v) is 3.17. The maximum Gasteiger partial charge on any atom is 0.0843 e. The number of hydrogen-bond donors (Lipinski definition) is 1. The zero-order valence-electron chi connectivity index (χ0n) is 11.4. The first-order chi connectivity index (χ1) is 9.34. The van der Waals surface area contributed by atoms with Crippen molar-refractivity contribution in [2.45, 2.75) is 50.4 Å². The van der Waals surface area contributed by atoms with Gasteiger partial charge < -0.3 is 15.2 Å². The quantitative estimate of drug-likeness (QED) is 0.909. The molecule has 0 aliphatic carbocycles. The van der Waals surface area contributed by atoms with Crippen molar-refractivity contribution in [1.82, 2.24) is 0 Å². The largest absolute Gasteiger partial charge is 0.377 e. The molecule has 3 heteroatoms. The standard InChI is InChI=1S/C16H23NO2/c17-14(15-7-3-4-9-18-15)11-16-13-6-2-1-5-12(13)8-10-19-16/h1-2,5-6,14-16H,3-4,7-11,17H2. The van der Waals surface area contributed by atoms with Crippen LogP contribution in [0.2, 0.25) is 0 Å². The predicted octanol–water partition coefficient (Wildman–Crippen LogP) is 2.59. The number of rotatable bonds is 3. The highest BCUT2D eigenvalue weighted by molar-refractivity contribution is 5.31. The molecular weight excluding hydrogens is 238 g/mol. The molecule has 0 saturated carbocycles. The lowest BCUT2D eigenvalue weighted by Crippen LogP contribution is -2.40. The normalized spacial score (nSPS) is 28.7. The van der Waals surface area contributed by atoms with E-state index in [4.69, 9.17) is 15.2 Å². The smallest absolute Gasteiger partial charge is 0.0843 e. The van der Waals surface area contributed by atoms with Crippen LogP contribution < -0.4 is 5.73 Å². The molecule has 1 aromatic carbocycles. The third-order valence-corrected chi connectivity index (χ3v) is 4.27. The van der Waals surface area contributed by atoms with E-state index >= 15 is 0 Å². The Bertz CT molecular complexity index is 415. The van der Waals surface area contributed by atoms with Gasteiger partial charge in [-0.15, -0.1) is 0 Å². The van der Waals surface area contributed by atoms with E-state index in [0.29, 0.717) is 0 Å². The van der Waals surface area contributed by atoms with Crippen LogP contribution in [0.15, 0.2) is 24.3 Å². The van der Waals surface area contributed by atoms with Gasteiger partial charge in [-0.1, -0.05) is 24.3 Å². The Hall–Kier alpha value is -0.900. The van der Waals surface area contributed by atoms with Crippen molar-refractivity contribution in [3.05, 3.63) is 35.4 Å². The zero-order valence-corrected chi connectivity index (χ0v) is 11.4. The van der Waals surface area contributed by atoms with Gasteiger partial charge in [-0.05, 0) is 43.2 Å². The van der Waals surface area contributed by atoms with Crippen LogP contribution in [-0.4, -0.2) is 25.4 Å². The summed E-state index contributed by atoms with van der Waals surface area (Å²) >= 11 is 0. The molecule has 3 nitrogen and oxygen atoms in total. The minimum atomic E-state index is 0.0801. The third kappa shape index (κ3) is 2.99. The number of benzene rings is 1. The van der Waals surface area contributed by atoms with Crippen LogP contribution in [-0.2, 0) is 15.9 Å². The summed E-state index contributed by atoms with van der Waals surface area (Å²) in [5.74, 6) is 0. The van der Waals surface area contributed by atoms with Crippen molar-refractivity contribution in [2.75, 3.05) is 13.2 Å². The van der Waals surface area contributed by atoms with Gasteiger partial charge in [0.05, 0.1) is 18.8 Å². The second-order valence-electron chi connectivity index (χ2n) is 5.61.